The average Bonchev–Trinajstić information content (AvgIpc) is 3.12. The van der Waals surface area contributed by atoms with Gasteiger partial charge in [0, 0.05) is 22.1 Å². The summed E-state index contributed by atoms with van der Waals surface area (Å²) in [5.74, 6) is 0.913. The quantitative estimate of drug-likeness (QED) is 0.917. The van der Waals surface area contributed by atoms with Crippen molar-refractivity contribution in [2.45, 2.75) is 29.1 Å². The zero-order valence-electron chi connectivity index (χ0n) is 11.1. The van der Waals surface area contributed by atoms with E-state index in [-0.39, 0.29) is 5.25 Å². The predicted octanol–water partition coefficient (Wildman–Crippen LogP) is 3.37. The number of fused-ring (bicyclic) bond motifs is 2. The number of aliphatic hydroxyl groups is 1. The highest BCUT2D eigenvalue weighted by Crippen LogP contribution is 2.45. The summed E-state index contributed by atoms with van der Waals surface area (Å²) < 4.78 is 5.72. The first kappa shape index (κ1) is 12.3. The van der Waals surface area contributed by atoms with Crippen LogP contribution in [0.25, 0.3) is 0 Å². The fourth-order valence-electron chi connectivity index (χ4n) is 3.06. The Morgan fingerprint density at radius 2 is 1.95 bits per heavy atom. The van der Waals surface area contributed by atoms with Crippen molar-refractivity contribution in [2.75, 3.05) is 6.61 Å². The van der Waals surface area contributed by atoms with Crippen LogP contribution in [0, 0.1) is 0 Å². The van der Waals surface area contributed by atoms with Crippen molar-refractivity contribution in [2.24, 2.45) is 0 Å². The van der Waals surface area contributed by atoms with Crippen molar-refractivity contribution in [1.82, 2.24) is 0 Å². The molecule has 1 N–H and O–H groups in total. The van der Waals surface area contributed by atoms with Gasteiger partial charge in [-0.25, -0.2) is 0 Å². The van der Waals surface area contributed by atoms with Crippen LogP contribution in [0.4, 0.5) is 0 Å². The molecule has 4 rings (SSSR count). The molecule has 0 saturated carbocycles. The fraction of sp³-hybridized carbons (Fsp3) is 0.294. The van der Waals surface area contributed by atoms with Gasteiger partial charge in [-0.1, -0.05) is 36.4 Å². The van der Waals surface area contributed by atoms with Crippen LogP contribution < -0.4 is 4.74 Å². The molecule has 2 heterocycles. The molecule has 3 heteroatoms. The van der Waals surface area contributed by atoms with Crippen molar-refractivity contribution in [1.29, 1.82) is 0 Å². The molecule has 2 aromatic rings. The van der Waals surface area contributed by atoms with Gasteiger partial charge in [-0.3, -0.25) is 0 Å². The minimum atomic E-state index is -0.472. The minimum absolute atomic E-state index is 0.183. The van der Waals surface area contributed by atoms with Gasteiger partial charge in [-0.05, 0) is 23.6 Å². The van der Waals surface area contributed by atoms with Crippen LogP contribution in [0.3, 0.4) is 0 Å². The number of aliphatic hydroxyl groups excluding tert-OH is 1. The molecule has 2 aliphatic heterocycles. The maximum atomic E-state index is 10.8. The van der Waals surface area contributed by atoms with E-state index in [0.29, 0.717) is 0 Å². The van der Waals surface area contributed by atoms with E-state index < -0.39 is 6.10 Å². The molecule has 0 spiro atoms. The largest absolute Gasteiger partial charge is 0.493 e. The van der Waals surface area contributed by atoms with E-state index in [1.54, 1.807) is 11.8 Å². The van der Waals surface area contributed by atoms with E-state index in [1.165, 1.54) is 16.0 Å². The maximum Gasteiger partial charge on any atom is 0.128 e. The van der Waals surface area contributed by atoms with E-state index in [0.717, 1.165) is 30.8 Å². The minimum Gasteiger partial charge on any atom is -0.493 e. The second-order valence-corrected chi connectivity index (χ2v) is 6.63. The van der Waals surface area contributed by atoms with E-state index in [9.17, 15) is 5.11 Å². The number of thioether (sulfide) groups is 1. The van der Waals surface area contributed by atoms with Gasteiger partial charge < -0.3 is 9.84 Å². The number of hydrogen-bond acceptors (Lipinski definition) is 3. The molecule has 0 aromatic heterocycles. The van der Waals surface area contributed by atoms with Crippen LogP contribution in [-0.4, -0.2) is 17.0 Å². The van der Waals surface area contributed by atoms with E-state index in [2.05, 4.69) is 30.3 Å². The van der Waals surface area contributed by atoms with Crippen LogP contribution >= 0.6 is 11.8 Å². The highest BCUT2D eigenvalue weighted by atomic mass is 32.2. The van der Waals surface area contributed by atoms with Crippen LogP contribution in [0.15, 0.2) is 47.4 Å². The first-order valence-electron chi connectivity index (χ1n) is 7.00. The Labute approximate surface area is 122 Å². The van der Waals surface area contributed by atoms with E-state index in [1.807, 2.05) is 12.1 Å². The van der Waals surface area contributed by atoms with Gasteiger partial charge >= 0.3 is 0 Å². The topological polar surface area (TPSA) is 29.5 Å². The molecule has 102 valence electrons. The zero-order valence-corrected chi connectivity index (χ0v) is 11.9. The summed E-state index contributed by atoms with van der Waals surface area (Å²) in [6, 6.07) is 14.5. The van der Waals surface area contributed by atoms with Gasteiger partial charge in [-0.2, -0.15) is 0 Å². The molecule has 2 aliphatic rings. The molecule has 2 aromatic carbocycles. The summed E-state index contributed by atoms with van der Waals surface area (Å²) in [5.41, 5.74) is 3.52. The molecule has 0 bridgehead atoms. The van der Waals surface area contributed by atoms with Gasteiger partial charge in [0.25, 0.3) is 0 Å². The summed E-state index contributed by atoms with van der Waals surface area (Å²) in [5, 5.41) is 10.9. The Kier molecular flexibility index (Phi) is 2.97. The number of ether oxygens (including phenoxy) is 1. The molecule has 0 fully saturated rings. The molecule has 2 atom stereocenters. The van der Waals surface area contributed by atoms with Crippen LogP contribution in [-0.2, 0) is 12.8 Å². The van der Waals surface area contributed by atoms with E-state index in [4.69, 9.17) is 4.74 Å². The molecular weight excluding hydrogens is 268 g/mol. The Morgan fingerprint density at radius 3 is 2.85 bits per heavy atom. The van der Waals surface area contributed by atoms with Gasteiger partial charge in [0.2, 0.25) is 0 Å². The van der Waals surface area contributed by atoms with Crippen molar-refractivity contribution >= 4 is 11.8 Å². The lowest BCUT2D eigenvalue weighted by molar-refractivity contribution is 0.170. The molecule has 0 saturated heterocycles. The van der Waals surface area contributed by atoms with Crippen molar-refractivity contribution in [3.8, 4) is 5.75 Å². The summed E-state index contributed by atoms with van der Waals surface area (Å²) in [6.07, 6.45) is 1.40. The molecular formula is C17H16O2S. The predicted molar refractivity (Wildman–Crippen MR) is 80.4 cm³/mol. The van der Waals surface area contributed by atoms with Gasteiger partial charge in [0.1, 0.15) is 5.75 Å². The Morgan fingerprint density at radius 1 is 1.10 bits per heavy atom. The number of benzene rings is 2. The van der Waals surface area contributed by atoms with Crippen LogP contribution in [0.5, 0.6) is 5.75 Å². The Hall–Kier alpha value is -1.45. The SMILES string of the molecule is OC(c1cccc2c1OCC2)C1Cc2ccccc2S1. The lowest BCUT2D eigenvalue weighted by Gasteiger charge is -2.19. The Balaban J connectivity index is 1.64. The first-order valence-corrected chi connectivity index (χ1v) is 7.88. The number of rotatable bonds is 2. The second kappa shape index (κ2) is 4.83. The number of hydrogen-bond donors (Lipinski definition) is 1. The Bertz CT molecular complexity index is 628. The van der Waals surface area contributed by atoms with Crippen molar-refractivity contribution < 1.29 is 9.84 Å². The van der Waals surface area contributed by atoms with E-state index >= 15 is 0 Å². The molecule has 0 aliphatic carbocycles. The molecule has 20 heavy (non-hydrogen) atoms. The summed E-state index contributed by atoms with van der Waals surface area (Å²) in [6.45, 7) is 0.733. The monoisotopic (exact) mass is 284 g/mol. The third kappa shape index (κ3) is 1.93. The molecule has 2 nitrogen and oxygen atoms in total. The van der Waals surface area contributed by atoms with Gasteiger partial charge in [0.05, 0.1) is 12.7 Å². The van der Waals surface area contributed by atoms with Crippen molar-refractivity contribution in [3.63, 3.8) is 0 Å². The normalized spacial score (nSPS) is 21.1. The fourth-order valence-corrected chi connectivity index (χ4v) is 4.38. The molecule has 0 amide bonds. The summed E-state index contributed by atoms with van der Waals surface area (Å²) >= 11 is 1.78. The highest BCUT2D eigenvalue weighted by Gasteiger charge is 2.32. The lowest BCUT2D eigenvalue weighted by Crippen LogP contribution is -2.15. The number of para-hydroxylation sites is 1. The molecule has 0 radical (unpaired) electrons. The third-order valence-corrected chi connectivity index (χ3v) is 5.47. The van der Waals surface area contributed by atoms with Gasteiger partial charge in [0.15, 0.2) is 0 Å². The maximum absolute atomic E-state index is 10.8. The third-order valence-electron chi connectivity index (χ3n) is 4.09. The lowest BCUT2D eigenvalue weighted by atomic mass is 9.98. The van der Waals surface area contributed by atoms with Crippen LogP contribution in [0.2, 0.25) is 0 Å². The molecule has 2 unspecified atom stereocenters. The van der Waals surface area contributed by atoms with Crippen LogP contribution in [0.1, 0.15) is 22.8 Å². The summed E-state index contributed by atoms with van der Waals surface area (Å²) in [4.78, 5) is 1.30. The average molecular weight is 284 g/mol. The summed E-state index contributed by atoms with van der Waals surface area (Å²) in [7, 11) is 0. The standard InChI is InChI=1S/C17H16O2S/c18-16(13-6-3-5-11-8-9-19-17(11)13)15-10-12-4-1-2-7-14(12)20-15/h1-7,15-16,18H,8-10H2. The smallest absolute Gasteiger partial charge is 0.128 e. The van der Waals surface area contributed by atoms with Gasteiger partial charge in [-0.15, -0.1) is 11.8 Å². The van der Waals surface area contributed by atoms with Crippen molar-refractivity contribution in [3.05, 3.63) is 59.2 Å². The highest BCUT2D eigenvalue weighted by molar-refractivity contribution is 8.00. The second-order valence-electron chi connectivity index (χ2n) is 5.35. The first-order chi connectivity index (χ1) is 9.83. The zero-order chi connectivity index (χ0) is 13.5.